The molecule has 0 saturated carbocycles. The van der Waals surface area contributed by atoms with Crippen LogP contribution in [0.3, 0.4) is 0 Å². The Kier molecular flexibility index (Phi) is 3.32. The highest BCUT2D eigenvalue weighted by Gasteiger charge is 2.04. The van der Waals surface area contributed by atoms with Crippen molar-refractivity contribution in [2.45, 2.75) is 13.8 Å². The minimum absolute atomic E-state index is 0.222. The lowest BCUT2D eigenvalue weighted by Gasteiger charge is -2.04. The lowest BCUT2D eigenvalue weighted by molar-refractivity contribution is 0.619. The molecule has 1 aromatic carbocycles. The van der Waals surface area contributed by atoms with Crippen LogP contribution in [0.2, 0.25) is 0 Å². The number of nitrogens with one attached hydrogen (secondary N) is 1. The van der Waals surface area contributed by atoms with E-state index in [0.717, 1.165) is 17.9 Å². The van der Waals surface area contributed by atoms with Gasteiger partial charge in [0.25, 0.3) is 0 Å². The van der Waals surface area contributed by atoms with Crippen molar-refractivity contribution in [1.82, 2.24) is 10.2 Å². The van der Waals surface area contributed by atoms with Gasteiger partial charge in [0.1, 0.15) is 11.6 Å². The zero-order valence-corrected chi connectivity index (χ0v) is 9.87. The van der Waals surface area contributed by atoms with Crippen LogP contribution in [0, 0.1) is 12.7 Å². The van der Waals surface area contributed by atoms with Gasteiger partial charge in [0.2, 0.25) is 0 Å². The first kappa shape index (κ1) is 11.5. The van der Waals surface area contributed by atoms with Crippen LogP contribution in [-0.2, 0) is 0 Å². The van der Waals surface area contributed by atoms with Gasteiger partial charge in [0.05, 0.1) is 5.69 Å². The Hall–Kier alpha value is -1.97. The molecular weight excluding hydrogens is 217 g/mol. The van der Waals surface area contributed by atoms with E-state index in [1.165, 1.54) is 6.07 Å². The smallest absolute Gasteiger partial charge is 0.148 e. The summed E-state index contributed by atoms with van der Waals surface area (Å²) in [7, 11) is 0. The molecule has 1 aromatic heterocycles. The molecule has 1 N–H and O–H groups in total. The number of hydrogen-bond acceptors (Lipinski definition) is 3. The number of rotatable bonds is 3. The fourth-order valence-electron chi connectivity index (χ4n) is 1.51. The Morgan fingerprint density at radius 1 is 1.18 bits per heavy atom. The molecular formula is C13H14FN3. The monoisotopic (exact) mass is 231 g/mol. The predicted octanol–water partition coefficient (Wildman–Crippen LogP) is 3.02. The van der Waals surface area contributed by atoms with E-state index in [1.54, 1.807) is 13.0 Å². The van der Waals surface area contributed by atoms with E-state index in [9.17, 15) is 4.39 Å². The van der Waals surface area contributed by atoms with E-state index in [-0.39, 0.29) is 5.82 Å². The van der Waals surface area contributed by atoms with Crippen molar-refractivity contribution in [3.05, 3.63) is 41.7 Å². The number of nitrogens with zero attached hydrogens (tertiary/aromatic N) is 2. The van der Waals surface area contributed by atoms with Crippen LogP contribution >= 0.6 is 0 Å². The minimum atomic E-state index is -0.222. The number of aromatic nitrogens is 2. The zero-order valence-electron chi connectivity index (χ0n) is 9.87. The van der Waals surface area contributed by atoms with Crippen molar-refractivity contribution in [1.29, 1.82) is 0 Å². The summed E-state index contributed by atoms with van der Waals surface area (Å²) < 4.78 is 13.4. The highest BCUT2D eigenvalue weighted by atomic mass is 19.1. The summed E-state index contributed by atoms with van der Waals surface area (Å²) in [6, 6.07) is 8.73. The van der Waals surface area contributed by atoms with Crippen molar-refractivity contribution in [3.63, 3.8) is 0 Å². The van der Waals surface area contributed by atoms with Gasteiger partial charge in [-0.1, -0.05) is 12.1 Å². The van der Waals surface area contributed by atoms with Gasteiger partial charge in [-0.3, -0.25) is 0 Å². The number of benzene rings is 1. The third kappa shape index (κ3) is 2.58. The van der Waals surface area contributed by atoms with Gasteiger partial charge in [-0.2, -0.15) is 0 Å². The van der Waals surface area contributed by atoms with Crippen LogP contribution in [0.1, 0.15) is 12.5 Å². The Balaban J connectivity index is 2.30. The van der Waals surface area contributed by atoms with Crippen molar-refractivity contribution in [3.8, 4) is 11.3 Å². The molecule has 4 heteroatoms. The van der Waals surface area contributed by atoms with E-state index >= 15 is 0 Å². The second-order valence-corrected chi connectivity index (χ2v) is 3.80. The largest absolute Gasteiger partial charge is 0.369 e. The zero-order chi connectivity index (χ0) is 12.3. The quantitative estimate of drug-likeness (QED) is 0.882. The van der Waals surface area contributed by atoms with Gasteiger partial charge in [-0.05, 0) is 37.6 Å². The third-order valence-corrected chi connectivity index (χ3v) is 2.49. The second kappa shape index (κ2) is 4.91. The van der Waals surface area contributed by atoms with Gasteiger partial charge in [-0.15, -0.1) is 10.2 Å². The molecule has 2 aromatic rings. The Labute approximate surface area is 99.7 Å². The molecule has 0 atom stereocenters. The number of aryl methyl sites for hydroxylation is 1. The first-order valence-corrected chi connectivity index (χ1v) is 5.55. The summed E-state index contributed by atoms with van der Waals surface area (Å²) in [6.07, 6.45) is 0. The maximum atomic E-state index is 13.4. The average Bonchev–Trinajstić information content (AvgIpc) is 2.34. The standard InChI is InChI=1S/C13H14FN3/c1-3-15-13-7-6-12(16-17-13)10-5-4-9(2)11(14)8-10/h4-8H,3H2,1-2H3,(H,15,17). The predicted molar refractivity (Wildman–Crippen MR) is 66.3 cm³/mol. The lowest BCUT2D eigenvalue weighted by atomic mass is 10.1. The maximum absolute atomic E-state index is 13.4. The summed E-state index contributed by atoms with van der Waals surface area (Å²) in [6.45, 7) is 4.52. The summed E-state index contributed by atoms with van der Waals surface area (Å²) >= 11 is 0. The summed E-state index contributed by atoms with van der Waals surface area (Å²) in [5.41, 5.74) is 2.04. The number of hydrogen-bond donors (Lipinski definition) is 1. The van der Waals surface area contributed by atoms with Crippen molar-refractivity contribution < 1.29 is 4.39 Å². The molecule has 0 aliphatic rings. The Morgan fingerprint density at radius 3 is 2.59 bits per heavy atom. The van der Waals surface area contributed by atoms with Crippen molar-refractivity contribution in [2.75, 3.05) is 11.9 Å². The summed E-state index contributed by atoms with van der Waals surface area (Å²) in [4.78, 5) is 0. The van der Waals surface area contributed by atoms with E-state index in [1.807, 2.05) is 25.1 Å². The lowest BCUT2D eigenvalue weighted by Crippen LogP contribution is -2.00. The average molecular weight is 231 g/mol. The molecule has 0 bridgehead atoms. The van der Waals surface area contributed by atoms with Gasteiger partial charge in [0.15, 0.2) is 0 Å². The fourth-order valence-corrected chi connectivity index (χ4v) is 1.51. The molecule has 0 spiro atoms. The van der Waals surface area contributed by atoms with Gasteiger partial charge >= 0.3 is 0 Å². The number of halogens is 1. The van der Waals surface area contributed by atoms with Crippen LogP contribution in [0.4, 0.5) is 10.2 Å². The van der Waals surface area contributed by atoms with Gasteiger partial charge < -0.3 is 5.32 Å². The highest BCUT2D eigenvalue weighted by Crippen LogP contribution is 2.19. The molecule has 17 heavy (non-hydrogen) atoms. The van der Waals surface area contributed by atoms with Crippen LogP contribution in [0.15, 0.2) is 30.3 Å². The molecule has 2 rings (SSSR count). The highest BCUT2D eigenvalue weighted by molar-refractivity contribution is 5.60. The van der Waals surface area contributed by atoms with Crippen LogP contribution in [0.25, 0.3) is 11.3 Å². The molecule has 0 fully saturated rings. The third-order valence-electron chi connectivity index (χ3n) is 2.49. The van der Waals surface area contributed by atoms with Gasteiger partial charge in [0, 0.05) is 12.1 Å². The first-order chi connectivity index (χ1) is 8.20. The van der Waals surface area contributed by atoms with Crippen molar-refractivity contribution >= 4 is 5.82 Å². The molecule has 1 heterocycles. The van der Waals surface area contributed by atoms with E-state index in [0.29, 0.717) is 11.3 Å². The van der Waals surface area contributed by atoms with E-state index < -0.39 is 0 Å². The Bertz CT molecular complexity index is 509. The maximum Gasteiger partial charge on any atom is 0.148 e. The van der Waals surface area contributed by atoms with E-state index in [4.69, 9.17) is 0 Å². The summed E-state index contributed by atoms with van der Waals surface area (Å²) in [5, 5.41) is 11.1. The van der Waals surface area contributed by atoms with Crippen LogP contribution in [-0.4, -0.2) is 16.7 Å². The number of anilines is 1. The molecule has 3 nitrogen and oxygen atoms in total. The molecule has 0 amide bonds. The summed E-state index contributed by atoms with van der Waals surface area (Å²) in [5.74, 6) is 0.504. The topological polar surface area (TPSA) is 37.8 Å². The van der Waals surface area contributed by atoms with Crippen molar-refractivity contribution in [2.24, 2.45) is 0 Å². The Morgan fingerprint density at radius 2 is 2.00 bits per heavy atom. The normalized spacial score (nSPS) is 10.3. The van der Waals surface area contributed by atoms with Crippen LogP contribution < -0.4 is 5.32 Å². The van der Waals surface area contributed by atoms with E-state index in [2.05, 4.69) is 15.5 Å². The molecule has 0 saturated heterocycles. The molecule has 0 aliphatic heterocycles. The van der Waals surface area contributed by atoms with Gasteiger partial charge in [-0.25, -0.2) is 4.39 Å². The molecule has 0 unspecified atom stereocenters. The minimum Gasteiger partial charge on any atom is -0.369 e. The second-order valence-electron chi connectivity index (χ2n) is 3.80. The fraction of sp³-hybridized carbons (Fsp3) is 0.231. The first-order valence-electron chi connectivity index (χ1n) is 5.55. The molecule has 88 valence electrons. The SMILES string of the molecule is CCNc1ccc(-c2ccc(C)c(F)c2)nn1. The molecule has 0 radical (unpaired) electrons. The molecule has 0 aliphatic carbocycles. The van der Waals surface area contributed by atoms with Crippen LogP contribution in [0.5, 0.6) is 0 Å².